The molecule has 1 saturated heterocycles. The highest BCUT2D eigenvalue weighted by Gasteiger charge is 2.44. The predicted molar refractivity (Wildman–Crippen MR) is 84.5 cm³/mol. The number of aliphatic carboxylic acids is 1. The van der Waals surface area contributed by atoms with Gasteiger partial charge in [-0.15, -0.1) is 0 Å². The highest BCUT2D eigenvalue weighted by molar-refractivity contribution is 5.92. The van der Waals surface area contributed by atoms with Gasteiger partial charge in [0.25, 0.3) is 0 Å². The largest absolute Gasteiger partial charge is 0.481 e. The van der Waals surface area contributed by atoms with Crippen molar-refractivity contribution in [3.8, 4) is 0 Å². The van der Waals surface area contributed by atoms with Crippen LogP contribution in [0.4, 0.5) is 0 Å². The number of hydrogen-bond acceptors (Lipinski definition) is 3. The second-order valence-corrected chi connectivity index (χ2v) is 5.99. The van der Waals surface area contributed by atoms with Gasteiger partial charge in [-0.1, -0.05) is 30.3 Å². The van der Waals surface area contributed by atoms with Crippen LogP contribution in [-0.2, 0) is 20.9 Å². The number of nitrogens with zero attached hydrogens (tertiary/aromatic N) is 1. The molecule has 23 heavy (non-hydrogen) atoms. The van der Waals surface area contributed by atoms with Crippen molar-refractivity contribution in [3.63, 3.8) is 0 Å². The number of rotatable bonds is 6. The van der Waals surface area contributed by atoms with Crippen LogP contribution < -0.4 is 5.32 Å². The Morgan fingerprint density at radius 3 is 2.65 bits per heavy atom. The maximum atomic E-state index is 12.5. The van der Waals surface area contributed by atoms with E-state index in [9.17, 15) is 14.4 Å². The molecule has 0 spiro atoms. The minimum Gasteiger partial charge on any atom is -0.481 e. The average molecular weight is 318 g/mol. The van der Waals surface area contributed by atoms with E-state index in [1.165, 1.54) is 0 Å². The van der Waals surface area contributed by atoms with E-state index in [0.717, 1.165) is 5.56 Å². The van der Waals surface area contributed by atoms with Crippen LogP contribution in [0.2, 0.25) is 0 Å². The molecular formula is C17H22N2O4. The number of nitrogens with one attached hydrogen (secondary N) is 1. The van der Waals surface area contributed by atoms with Crippen LogP contribution in [0.5, 0.6) is 0 Å². The van der Waals surface area contributed by atoms with Crippen LogP contribution in [0.1, 0.15) is 38.2 Å². The first kappa shape index (κ1) is 17.0. The summed E-state index contributed by atoms with van der Waals surface area (Å²) >= 11 is 0. The number of piperidine rings is 1. The summed E-state index contributed by atoms with van der Waals surface area (Å²) in [7, 11) is 0. The van der Waals surface area contributed by atoms with Crippen molar-refractivity contribution in [2.45, 2.75) is 44.7 Å². The Hall–Kier alpha value is -2.37. The third kappa shape index (κ3) is 4.09. The standard InChI is InChI=1S/C17H22N2O4/c1-17(16(23)18-11-9-15(21)22)10-5-8-14(20)19(17)12-13-6-3-2-4-7-13/h2-4,6-7H,5,8-12H2,1H3,(H,18,23)(H,21,22). The van der Waals surface area contributed by atoms with Crippen molar-refractivity contribution in [3.05, 3.63) is 35.9 Å². The zero-order valence-electron chi connectivity index (χ0n) is 13.2. The van der Waals surface area contributed by atoms with Crippen LogP contribution in [0.25, 0.3) is 0 Å². The average Bonchev–Trinajstić information content (AvgIpc) is 2.51. The summed E-state index contributed by atoms with van der Waals surface area (Å²) in [6.45, 7) is 2.20. The number of carbonyl (C=O) groups excluding carboxylic acids is 2. The van der Waals surface area contributed by atoms with Gasteiger partial charge in [-0.25, -0.2) is 0 Å². The van der Waals surface area contributed by atoms with Gasteiger partial charge in [0.1, 0.15) is 5.54 Å². The molecule has 0 bridgehead atoms. The second-order valence-electron chi connectivity index (χ2n) is 5.99. The van der Waals surface area contributed by atoms with Crippen molar-refractivity contribution < 1.29 is 19.5 Å². The van der Waals surface area contributed by atoms with E-state index >= 15 is 0 Å². The Balaban J connectivity index is 2.13. The molecule has 1 unspecified atom stereocenters. The van der Waals surface area contributed by atoms with Crippen LogP contribution >= 0.6 is 0 Å². The number of carbonyl (C=O) groups is 3. The van der Waals surface area contributed by atoms with E-state index in [4.69, 9.17) is 5.11 Å². The fourth-order valence-electron chi connectivity index (χ4n) is 2.87. The molecule has 6 nitrogen and oxygen atoms in total. The number of carboxylic acids is 1. The topological polar surface area (TPSA) is 86.7 Å². The Labute approximate surface area is 135 Å². The minimum atomic E-state index is -0.962. The lowest BCUT2D eigenvalue weighted by Gasteiger charge is -2.43. The van der Waals surface area contributed by atoms with Crippen LogP contribution in [0.3, 0.4) is 0 Å². The number of amides is 2. The minimum absolute atomic E-state index is 0.0454. The first-order valence-electron chi connectivity index (χ1n) is 7.78. The van der Waals surface area contributed by atoms with Crippen molar-refractivity contribution in [2.24, 2.45) is 0 Å². The molecule has 2 amide bonds. The van der Waals surface area contributed by atoms with E-state index in [1.54, 1.807) is 11.8 Å². The maximum absolute atomic E-state index is 12.5. The van der Waals surface area contributed by atoms with Crippen LogP contribution in [0.15, 0.2) is 30.3 Å². The van der Waals surface area contributed by atoms with E-state index < -0.39 is 11.5 Å². The molecule has 0 aliphatic carbocycles. The lowest BCUT2D eigenvalue weighted by atomic mass is 9.86. The first-order valence-corrected chi connectivity index (χ1v) is 7.78. The molecule has 0 radical (unpaired) electrons. The van der Waals surface area contributed by atoms with Gasteiger partial charge >= 0.3 is 5.97 Å². The van der Waals surface area contributed by atoms with Crippen LogP contribution in [0, 0.1) is 0 Å². The lowest BCUT2D eigenvalue weighted by molar-refractivity contribution is -0.152. The van der Waals surface area contributed by atoms with Gasteiger partial charge in [0.05, 0.1) is 6.42 Å². The molecule has 1 fully saturated rings. The molecule has 0 saturated carbocycles. The van der Waals surface area contributed by atoms with Crippen molar-refractivity contribution in [1.82, 2.24) is 10.2 Å². The molecule has 6 heteroatoms. The Morgan fingerprint density at radius 2 is 2.00 bits per heavy atom. The molecule has 1 aromatic carbocycles. The summed E-state index contributed by atoms with van der Waals surface area (Å²) in [5.74, 6) is -1.30. The van der Waals surface area contributed by atoms with E-state index in [1.807, 2.05) is 30.3 Å². The van der Waals surface area contributed by atoms with Gasteiger partial charge in [0.2, 0.25) is 11.8 Å². The summed E-state index contributed by atoms with van der Waals surface area (Å²) < 4.78 is 0. The molecule has 1 aliphatic rings. The lowest BCUT2D eigenvalue weighted by Crippen LogP contribution is -2.60. The third-order valence-corrected chi connectivity index (χ3v) is 4.25. The summed E-state index contributed by atoms with van der Waals surface area (Å²) in [6, 6.07) is 9.54. The highest BCUT2D eigenvalue weighted by Crippen LogP contribution is 2.30. The van der Waals surface area contributed by atoms with Gasteiger partial charge < -0.3 is 15.3 Å². The molecule has 1 heterocycles. The van der Waals surface area contributed by atoms with Gasteiger partial charge in [0, 0.05) is 19.5 Å². The van der Waals surface area contributed by atoms with Crippen molar-refractivity contribution in [2.75, 3.05) is 6.54 Å². The summed E-state index contributed by atoms with van der Waals surface area (Å²) in [4.78, 5) is 37.1. The zero-order valence-corrected chi connectivity index (χ0v) is 13.2. The quantitative estimate of drug-likeness (QED) is 0.833. The van der Waals surface area contributed by atoms with E-state index in [-0.39, 0.29) is 24.8 Å². The molecule has 1 aliphatic heterocycles. The molecule has 1 atom stereocenters. The fourth-order valence-corrected chi connectivity index (χ4v) is 2.87. The third-order valence-electron chi connectivity index (χ3n) is 4.25. The van der Waals surface area contributed by atoms with Crippen molar-refractivity contribution in [1.29, 1.82) is 0 Å². The second kappa shape index (κ2) is 7.26. The Bertz CT molecular complexity index is 588. The fraction of sp³-hybridized carbons (Fsp3) is 0.471. The van der Waals surface area contributed by atoms with Gasteiger partial charge in [0.15, 0.2) is 0 Å². The molecule has 1 aromatic rings. The van der Waals surface area contributed by atoms with Gasteiger partial charge in [-0.2, -0.15) is 0 Å². The highest BCUT2D eigenvalue weighted by atomic mass is 16.4. The summed E-state index contributed by atoms with van der Waals surface area (Å²) in [5.41, 5.74) is 0.0243. The molecular weight excluding hydrogens is 296 g/mol. The normalized spacial score (nSPS) is 21.1. The van der Waals surface area contributed by atoms with Crippen LogP contribution in [-0.4, -0.2) is 39.9 Å². The predicted octanol–water partition coefficient (Wildman–Crippen LogP) is 1.55. The van der Waals surface area contributed by atoms with E-state index in [2.05, 4.69) is 5.32 Å². The number of benzene rings is 1. The number of carboxylic acid groups (broad SMARTS) is 1. The number of hydrogen-bond donors (Lipinski definition) is 2. The smallest absolute Gasteiger partial charge is 0.305 e. The maximum Gasteiger partial charge on any atom is 0.305 e. The van der Waals surface area contributed by atoms with Gasteiger partial charge in [-0.05, 0) is 25.3 Å². The number of likely N-dealkylation sites (tertiary alicyclic amines) is 1. The van der Waals surface area contributed by atoms with E-state index in [0.29, 0.717) is 25.8 Å². The molecule has 2 rings (SSSR count). The molecule has 0 aromatic heterocycles. The van der Waals surface area contributed by atoms with Crippen molar-refractivity contribution >= 4 is 17.8 Å². The summed E-state index contributed by atoms with van der Waals surface area (Å²) in [6.07, 6.45) is 1.54. The zero-order chi connectivity index (χ0) is 16.9. The SMILES string of the molecule is CC1(C(=O)NCCC(=O)O)CCCC(=O)N1Cc1ccccc1. The molecule has 2 N–H and O–H groups in total. The Morgan fingerprint density at radius 1 is 1.30 bits per heavy atom. The molecule has 124 valence electrons. The first-order chi connectivity index (χ1) is 10.9. The Kier molecular flexibility index (Phi) is 5.36. The summed E-state index contributed by atoms with van der Waals surface area (Å²) in [5, 5.41) is 11.3. The monoisotopic (exact) mass is 318 g/mol. The van der Waals surface area contributed by atoms with Gasteiger partial charge in [-0.3, -0.25) is 14.4 Å².